The zero-order valence-electron chi connectivity index (χ0n) is 16.2. The van der Waals surface area contributed by atoms with Gasteiger partial charge in [0.1, 0.15) is 17.9 Å². The van der Waals surface area contributed by atoms with Crippen LogP contribution in [0.15, 0.2) is 59.4 Å². The van der Waals surface area contributed by atoms with Gasteiger partial charge in [-0.2, -0.15) is 0 Å². The lowest BCUT2D eigenvalue weighted by Crippen LogP contribution is -2.22. The first kappa shape index (κ1) is 17.4. The lowest BCUT2D eigenvalue weighted by atomic mass is 10.2. The van der Waals surface area contributed by atoms with Crippen molar-refractivity contribution in [3.63, 3.8) is 0 Å². The number of hydrogen-bond donors (Lipinski definition) is 0. The van der Waals surface area contributed by atoms with Crippen LogP contribution in [0.2, 0.25) is 0 Å². The SMILES string of the molecule is CCn1c(=O)c2ccccc2n2c(COc3cccc4ccc(C)nc34)nnc12. The van der Waals surface area contributed by atoms with Crippen LogP contribution in [0, 0.1) is 6.92 Å². The van der Waals surface area contributed by atoms with Crippen LogP contribution in [0.1, 0.15) is 18.4 Å². The number of hydrogen-bond acceptors (Lipinski definition) is 5. The van der Waals surface area contributed by atoms with Crippen LogP contribution in [-0.4, -0.2) is 24.1 Å². The number of aryl methyl sites for hydroxylation is 2. The fraction of sp³-hybridized carbons (Fsp3) is 0.182. The fourth-order valence-electron chi connectivity index (χ4n) is 3.67. The Bertz CT molecular complexity index is 1430. The largest absolute Gasteiger partial charge is 0.483 e. The third-order valence-corrected chi connectivity index (χ3v) is 5.07. The van der Waals surface area contributed by atoms with E-state index in [9.17, 15) is 4.79 Å². The minimum atomic E-state index is -0.0656. The summed E-state index contributed by atoms with van der Waals surface area (Å²) >= 11 is 0. The Hall–Kier alpha value is -3.74. The number of ether oxygens (including phenoxy) is 1. The van der Waals surface area contributed by atoms with E-state index in [0.717, 1.165) is 22.1 Å². The molecule has 0 amide bonds. The summed E-state index contributed by atoms with van der Waals surface area (Å²) in [6, 6.07) is 17.4. The maximum atomic E-state index is 12.8. The summed E-state index contributed by atoms with van der Waals surface area (Å²) in [7, 11) is 0. The van der Waals surface area contributed by atoms with Gasteiger partial charge in [-0.25, -0.2) is 4.98 Å². The minimum Gasteiger partial charge on any atom is -0.483 e. The van der Waals surface area contributed by atoms with Crippen molar-refractivity contribution >= 4 is 27.6 Å². The van der Waals surface area contributed by atoms with E-state index < -0.39 is 0 Å². The van der Waals surface area contributed by atoms with Crippen molar-refractivity contribution in [3.05, 3.63) is 76.5 Å². The Morgan fingerprint density at radius 1 is 1.00 bits per heavy atom. The highest BCUT2D eigenvalue weighted by molar-refractivity contribution is 5.84. The molecule has 0 radical (unpaired) electrons. The van der Waals surface area contributed by atoms with Gasteiger partial charge in [-0.15, -0.1) is 10.2 Å². The standard InChI is InChI=1S/C22H19N5O2/c1-3-26-21(28)16-8-4-5-9-17(16)27-19(24-25-22(26)27)13-29-18-10-6-7-15-12-11-14(2)23-20(15)18/h4-12H,3,13H2,1-2H3. The average molecular weight is 385 g/mol. The Morgan fingerprint density at radius 2 is 1.86 bits per heavy atom. The van der Waals surface area contributed by atoms with Gasteiger partial charge in [-0.3, -0.25) is 13.8 Å². The summed E-state index contributed by atoms with van der Waals surface area (Å²) in [4.78, 5) is 17.4. The van der Waals surface area contributed by atoms with Crippen LogP contribution in [-0.2, 0) is 13.2 Å². The number of benzene rings is 2. The molecule has 0 spiro atoms. The Balaban J connectivity index is 1.63. The molecular formula is C22H19N5O2. The second kappa shape index (κ2) is 6.70. The molecule has 3 aromatic heterocycles. The molecule has 0 fully saturated rings. The highest BCUT2D eigenvalue weighted by Crippen LogP contribution is 2.25. The zero-order chi connectivity index (χ0) is 20.0. The Morgan fingerprint density at radius 3 is 2.72 bits per heavy atom. The van der Waals surface area contributed by atoms with Crippen LogP contribution in [0.5, 0.6) is 5.75 Å². The first-order chi connectivity index (χ1) is 14.2. The molecule has 0 aliphatic heterocycles. The predicted octanol–water partition coefficient (Wildman–Crippen LogP) is 3.50. The third-order valence-electron chi connectivity index (χ3n) is 5.07. The molecule has 5 rings (SSSR count). The molecule has 0 aliphatic rings. The summed E-state index contributed by atoms with van der Waals surface area (Å²) in [5.41, 5.74) is 2.45. The van der Waals surface area contributed by atoms with Gasteiger partial charge in [-0.05, 0) is 38.1 Å². The van der Waals surface area contributed by atoms with Crippen molar-refractivity contribution in [1.82, 2.24) is 24.1 Å². The molecule has 0 aliphatic carbocycles. The molecule has 0 unspecified atom stereocenters. The summed E-state index contributed by atoms with van der Waals surface area (Å²) in [5.74, 6) is 1.83. The molecule has 0 atom stereocenters. The van der Waals surface area contributed by atoms with Gasteiger partial charge in [-0.1, -0.05) is 30.3 Å². The molecule has 3 heterocycles. The average Bonchev–Trinajstić information content (AvgIpc) is 3.16. The van der Waals surface area contributed by atoms with Crippen LogP contribution in [0.3, 0.4) is 0 Å². The smallest absolute Gasteiger partial charge is 0.262 e. The number of para-hydroxylation sites is 2. The van der Waals surface area contributed by atoms with Gasteiger partial charge in [0.05, 0.1) is 10.9 Å². The number of rotatable bonds is 4. The highest BCUT2D eigenvalue weighted by Gasteiger charge is 2.16. The number of pyridine rings is 1. The lowest BCUT2D eigenvalue weighted by Gasteiger charge is -2.11. The van der Waals surface area contributed by atoms with E-state index in [1.807, 2.05) is 72.8 Å². The van der Waals surface area contributed by atoms with Gasteiger partial charge in [0.15, 0.2) is 5.82 Å². The monoisotopic (exact) mass is 385 g/mol. The van der Waals surface area contributed by atoms with E-state index in [2.05, 4.69) is 15.2 Å². The van der Waals surface area contributed by atoms with Crippen molar-refractivity contribution in [2.24, 2.45) is 0 Å². The predicted molar refractivity (Wildman–Crippen MR) is 111 cm³/mol. The molecule has 0 saturated carbocycles. The van der Waals surface area contributed by atoms with E-state index in [4.69, 9.17) is 4.74 Å². The molecule has 5 aromatic rings. The van der Waals surface area contributed by atoms with Crippen LogP contribution in [0.4, 0.5) is 0 Å². The van der Waals surface area contributed by atoms with E-state index in [-0.39, 0.29) is 12.2 Å². The number of aromatic nitrogens is 5. The van der Waals surface area contributed by atoms with Crippen molar-refractivity contribution in [2.75, 3.05) is 0 Å². The Labute approximate surface area is 166 Å². The van der Waals surface area contributed by atoms with Crippen molar-refractivity contribution in [3.8, 4) is 5.75 Å². The molecule has 7 nitrogen and oxygen atoms in total. The number of nitrogens with zero attached hydrogens (tertiary/aromatic N) is 5. The topological polar surface area (TPSA) is 74.3 Å². The molecule has 7 heteroatoms. The molecular weight excluding hydrogens is 366 g/mol. The highest BCUT2D eigenvalue weighted by atomic mass is 16.5. The summed E-state index contributed by atoms with van der Waals surface area (Å²) in [5, 5.41) is 10.2. The number of fused-ring (bicyclic) bond motifs is 4. The molecule has 0 bridgehead atoms. The van der Waals surface area contributed by atoms with E-state index in [1.165, 1.54) is 0 Å². The van der Waals surface area contributed by atoms with Gasteiger partial charge in [0.2, 0.25) is 5.78 Å². The Kier molecular flexibility index (Phi) is 4.01. The lowest BCUT2D eigenvalue weighted by molar-refractivity contribution is 0.298. The first-order valence-corrected chi connectivity index (χ1v) is 9.52. The quantitative estimate of drug-likeness (QED) is 0.473. The zero-order valence-corrected chi connectivity index (χ0v) is 16.2. The second-order valence-electron chi connectivity index (χ2n) is 6.89. The maximum Gasteiger partial charge on any atom is 0.262 e. The molecule has 0 N–H and O–H groups in total. The van der Waals surface area contributed by atoms with Crippen LogP contribution < -0.4 is 10.3 Å². The first-order valence-electron chi connectivity index (χ1n) is 9.52. The molecule has 2 aromatic carbocycles. The van der Waals surface area contributed by atoms with Gasteiger partial charge in [0.25, 0.3) is 5.56 Å². The van der Waals surface area contributed by atoms with Crippen LogP contribution >= 0.6 is 0 Å². The van der Waals surface area contributed by atoms with E-state index >= 15 is 0 Å². The second-order valence-corrected chi connectivity index (χ2v) is 6.89. The van der Waals surface area contributed by atoms with Crippen molar-refractivity contribution < 1.29 is 4.74 Å². The van der Waals surface area contributed by atoms with Gasteiger partial charge >= 0.3 is 0 Å². The van der Waals surface area contributed by atoms with Crippen LogP contribution in [0.25, 0.3) is 27.6 Å². The molecule has 29 heavy (non-hydrogen) atoms. The maximum absolute atomic E-state index is 12.8. The third kappa shape index (κ3) is 2.74. The summed E-state index contributed by atoms with van der Waals surface area (Å²) in [6.45, 7) is 4.60. The normalized spacial score (nSPS) is 11.5. The van der Waals surface area contributed by atoms with Crippen molar-refractivity contribution in [2.45, 2.75) is 27.0 Å². The molecule has 0 saturated heterocycles. The van der Waals surface area contributed by atoms with Crippen molar-refractivity contribution in [1.29, 1.82) is 0 Å². The fourth-order valence-corrected chi connectivity index (χ4v) is 3.67. The minimum absolute atomic E-state index is 0.0656. The summed E-state index contributed by atoms with van der Waals surface area (Å²) in [6.07, 6.45) is 0. The molecule has 144 valence electrons. The van der Waals surface area contributed by atoms with E-state index in [1.54, 1.807) is 4.57 Å². The van der Waals surface area contributed by atoms with E-state index in [0.29, 0.717) is 29.3 Å². The van der Waals surface area contributed by atoms with Gasteiger partial charge < -0.3 is 4.74 Å². The van der Waals surface area contributed by atoms with Gasteiger partial charge in [0, 0.05) is 17.6 Å². The summed E-state index contributed by atoms with van der Waals surface area (Å²) < 4.78 is 9.63.